The third-order valence-electron chi connectivity index (χ3n) is 7.10. The topological polar surface area (TPSA) is 120 Å². The van der Waals surface area contributed by atoms with Gasteiger partial charge in [0.05, 0.1) is 34.1 Å². The van der Waals surface area contributed by atoms with Crippen LogP contribution in [0.25, 0.3) is 0 Å². The molecule has 0 aliphatic heterocycles. The van der Waals surface area contributed by atoms with Crippen LogP contribution < -0.4 is 10.6 Å². The first-order valence-electron chi connectivity index (χ1n) is 12.8. The summed E-state index contributed by atoms with van der Waals surface area (Å²) in [5.41, 5.74) is 1.81. The normalized spacial score (nSPS) is 18.5. The number of hydrogen-bond donors (Lipinski definition) is 3. The van der Waals surface area contributed by atoms with Crippen LogP contribution in [0.3, 0.4) is 0 Å². The van der Waals surface area contributed by atoms with Gasteiger partial charge in [-0.1, -0.05) is 67.7 Å². The number of halogens is 3. The highest BCUT2D eigenvalue weighted by Gasteiger charge is 2.34. The number of carbonyl (C=O) groups excluding carboxylic acids is 2. The van der Waals surface area contributed by atoms with E-state index in [2.05, 4.69) is 41.6 Å². The molecule has 3 rings (SSSR count). The average Bonchev–Trinajstić information content (AvgIpc) is 2.88. The number of benzene rings is 2. The van der Waals surface area contributed by atoms with Crippen LogP contribution >= 0.6 is 34.8 Å². The van der Waals surface area contributed by atoms with Crippen LogP contribution in [0.5, 0.6) is 0 Å². The number of urea groups is 1. The lowest BCUT2D eigenvalue weighted by molar-refractivity contribution is -0.136. The van der Waals surface area contributed by atoms with E-state index in [1.807, 2.05) is 0 Å². The van der Waals surface area contributed by atoms with Crippen LogP contribution in [0.1, 0.15) is 74.8 Å². The van der Waals surface area contributed by atoms with Crippen molar-refractivity contribution in [3.8, 4) is 0 Å². The second-order valence-corrected chi connectivity index (χ2v) is 12.0. The Hall–Kier alpha value is -2.68. The van der Waals surface area contributed by atoms with E-state index in [-0.39, 0.29) is 45.4 Å². The fourth-order valence-corrected chi connectivity index (χ4v) is 5.47. The van der Waals surface area contributed by atoms with Crippen molar-refractivity contribution >= 4 is 58.4 Å². The largest absolute Gasteiger partial charge is 0.481 e. The highest BCUT2D eigenvalue weighted by Crippen LogP contribution is 2.43. The van der Waals surface area contributed by atoms with Gasteiger partial charge < -0.3 is 15.7 Å². The van der Waals surface area contributed by atoms with Crippen molar-refractivity contribution in [2.24, 2.45) is 27.5 Å². The third-order valence-corrected chi connectivity index (χ3v) is 8.30. The van der Waals surface area contributed by atoms with Gasteiger partial charge in [0.25, 0.3) is 5.91 Å². The Labute approximate surface area is 243 Å². The van der Waals surface area contributed by atoms with Gasteiger partial charge in [0, 0.05) is 11.3 Å². The highest BCUT2D eigenvalue weighted by atomic mass is 35.5. The van der Waals surface area contributed by atoms with Gasteiger partial charge in [0.1, 0.15) is 0 Å². The lowest BCUT2D eigenvalue weighted by atomic mass is 9.68. The maximum atomic E-state index is 13.1. The summed E-state index contributed by atoms with van der Waals surface area (Å²) in [5.74, 6) is -0.763. The fraction of sp³-hybridized carbons (Fsp3) is 0.464. The van der Waals surface area contributed by atoms with Crippen molar-refractivity contribution in [2.75, 3.05) is 11.9 Å². The first kappa shape index (κ1) is 30.9. The van der Waals surface area contributed by atoms with E-state index >= 15 is 0 Å². The second kappa shape index (κ2) is 13.6. The minimum absolute atomic E-state index is 0.0679. The Bertz CT molecular complexity index is 1200. The van der Waals surface area contributed by atoms with Crippen LogP contribution in [0.4, 0.5) is 10.5 Å². The van der Waals surface area contributed by atoms with Crippen molar-refractivity contribution in [1.82, 2.24) is 5.32 Å². The zero-order valence-electron chi connectivity index (χ0n) is 22.1. The first-order valence-corrected chi connectivity index (χ1v) is 13.9. The van der Waals surface area contributed by atoms with Gasteiger partial charge in [-0.15, -0.1) is 5.11 Å². The third kappa shape index (κ3) is 8.92. The summed E-state index contributed by atoms with van der Waals surface area (Å²) in [6.07, 6.45) is 3.82. The van der Waals surface area contributed by atoms with Gasteiger partial charge in [0.15, 0.2) is 0 Å². The summed E-state index contributed by atoms with van der Waals surface area (Å²) in [7, 11) is 0. The maximum absolute atomic E-state index is 13.1. The summed E-state index contributed by atoms with van der Waals surface area (Å²) >= 11 is 18.3. The number of carboxylic acid groups (broad SMARTS) is 1. The molecule has 1 fully saturated rings. The molecule has 0 radical (unpaired) electrons. The predicted octanol–water partition coefficient (Wildman–Crippen LogP) is 8.43. The molecule has 1 aliphatic carbocycles. The van der Waals surface area contributed by atoms with Crippen molar-refractivity contribution in [2.45, 2.75) is 58.9 Å². The molecular formula is C28H33Cl3N4O4. The molecule has 210 valence electrons. The van der Waals surface area contributed by atoms with Crippen LogP contribution in [-0.4, -0.2) is 29.6 Å². The van der Waals surface area contributed by atoms with E-state index in [9.17, 15) is 14.4 Å². The maximum Gasteiger partial charge on any atom is 0.319 e. The van der Waals surface area contributed by atoms with E-state index in [4.69, 9.17) is 39.9 Å². The Balaban J connectivity index is 1.77. The Kier molecular flexibility index (Phi) is 10.8. The van der Waals surface area contributed by atoms with Gasteiger partial charge in [-0.05, 0) is 72.8 Å². The number of nitrogens with one attached hydrogen (secondary N) is 2. The van der Waals surface area contributed by atoms with E-state index in [0.29, 0.717) is 17.2 Å². The van der Waals surface area contributed by atoms with Crippen LogP contribution in [0.15, 0.2) is 46.6 Å². The summed E-state index contributed by atoms with van der Waals surface area (Å²) in [4.78, 5) is 36.0. The monoisotopic (exact) mass is 594 g/mol. The van der Waals surface area contributed by atoms with Crippen molar-refractivity contribution < 1.29 is 19.5 Å². The quantitative estimate of drug-likeness (QED) is 0.209. The highest BCUT2D eigenvalue weighted by molar-refractivity contribution is 6.48. The van der Waals surface area contributed by atoms with Crippen molar-refractivity contribution in [3.63, 3.8) is 0 Å². The predicted molar refractivity (Wildman–Crippen MR) is 154 cm³/mol. The fourth-order valence-electron chi connectivity index (χ4n) is 4.88. The molecule has 2 aromatic rings. The molecule has 2 aromatic carbocycles. The molecule has 1 aliphatic rings. The standard InChI is InChI=1S/C28H33Cl3N4O4/c1-28(2,3)19-10-8-17(9-11-19)25(34-27(39)33-20-14-21(29)24(31)22(30)15-20)16-4-6-18(7-5-16)26(38)35-32-13-12-23(36)37/h4-7,14-15,17,19,25H,8-13H2,1-3H3,(H,36,37)(H2,33,34,39). The van der Waals surface area contributed by atoms with E-state index in [0.717, 1.165) is 31.2 Å². The lowest BCUT2D eigenvalue weighted by Gasteiger charge is -2.39. The number of amides is 3. The summed E-state index contributed by atoms with van der Waals surface area (Å²) in [6.45, 7) is 6.72. The van der Waals surface area contributed by atoms with Crippen molar-refractivity contribution in [1.29, 1.82) is 0 Å². The van der Waals surface area contributed by atoms with E-state index < -0.39 is 17.9 Å². The van der Waals surface area contributed by atoms with Crippen molar-refractivity contribution in [3.05, 3.63) is 62.6 Å². The minimum atomic E-state index is -1.01. The molecule has 0 heterocycles. The molecule has 8 nitrogen and oxygen atoms in total. The first-order chi connectivity index (χ1) is 18.3. The van der Waals surface area contributed by atoms with Gasteiger partial charge >= 0.3 is 12.0 Å². The molecular weight excluding hydrogens is 563 g/mol. The number of hydrogen-bond acceptors (Lipinski definition) is 4. The zero-order valence-corrected chi connectivity index (χ0v) is 24.4. The minimum Gasteiger partial charge on any atom is -0.481 e. The second-order valence-electron chi connectivity index (χ2n) is 10.8. The number of nitrogens with zero attached hydrogens (tertiary/aromatic N) is 2. The summed E-state index contributed by atoms with van der Waals surface area (Å²) in [5, 5.41) is 22.5. The molecule has 3 N–H and O–H groups in total. The number of carboxylic acids is 1. The molecule has 3 amide bonds. The Morgan fingerprint density at radius 1 is 1.00 bits per heavy atom. The number of rotatable bonds is 8. The molecule has 0 spiro atoms. The van der Waals surface area contributed by atoms with Gasteiger partial charge in [-0.25, -0.2) is 4.79 Å². The van der Waals surface area contributed by atoms with Crippen LogP contribution in [0, 0.1) is 17.3 Å². The number of azo groups is 1. The Morgan fingerprint density at radius 2 is 1.59 bits per heavy atom. The molecule has 1 unspecified atom stereocenters. The average molecular weight is 596 g/mol. The van der Waals surface area contributed by atoms with Gasteiger partial charge in [-0.3, -0.25) is 9.59 Å². The molecule has 0 aromatic heterocycles. The molecule has 0 bridgehead atoms. The lowest BCUT2D eigenvalue weighted by Crippen LogP contribution is -2.38. The van der Waals surface area contributed by atoms with E-state index in [1.165, 1.54) is 12.1 Å². The van der Waals surface area contributed by atoms with Crippen LogP contribution in [0.2, 0.25) is 15.1 Å². The summed E-state index contributed by atoms with van der Waals surface area (Å²) in [6, 6.07) is 9.23. The van der Waals surface area contributed by atoms with Gasteiger partial charge in [0.2, 0.25) is 0 Å². The molecule has 1 atom stereocenters. The zero-order chi connectivity index (χ0) is 28.7. The van der Waals surface area contributed by atoms with Gasteiger partial charge in [-0.2, -0.15) is 5.11 Å². The molecule has 1 saturated carbocycles. The SMILES string of the molecule is CC(C)(C)C1CCC(C(NC(=O)Nc2cc(Cl)c(Cl)c(Cl)c2)c2ccc(C(=O)N=NCCC(=O)O)cc2)CC1. The molecule has 11 heteroatoms. The molecule has 0 saturated heterocycles. The number of aliphatic carboxylic acids is 1. The van der Waals surface area contributed by atoms with Crippen LogP contribution in [-0.2, 0) is 4.79 Å². The molecule has 39 heavy (non-hydrogen) atoms. The number of carbonyl (C=O) groups is 3. The smallest absolute Gasteiger partial charge is 0.319 e. The van der Waals surface area contributed by atoms with E-state index in [1.54, 1.807) is 24.3 Å². The summed E-state index contributed by atoms with van der Waals surface area (Å²) < 4.78 is 0. The Morgan fingerprint density at radius 3 is 2.13 bits per heavy atom. The number of anilines is 1.